The second-order valence-corrected chi connectivity index (χ2v) is 5.37. The molecule has 1 rings (SSSR count). The molecular weight excluding hydrogens is 260 g/mol. The van der Waals surface area contributed by atoms with Gasteiger partial charge in [-0.3, -0.25) is 4.79 Å². The molecule has 1 atom stereocenters. The van der Waals surface area contributed by atoms with Gasteiger partial charge in [0.05, 0.1) is 0 Å². The fourth-order valence-electron chi connectivity index (χ4n) is 1.58. The number of amides is 1. The van der Waals surface area contributed by atoms with Gasteiger partial charge in [-0.15, -0.1) is 10.2 Å². The predicted molar refractivity (Wildman–Crippen MR) is 80.8 cm³/mol. The van der Waals surface area contributed by atoms with Gasteiger partial charge in [0.15, 0.2) is 5.69 Å². The van der Waals surface area contributed by atoms with Crippen molar-refractivity contribution in [3.8, 4) is 0 Å². The molecule has 1 N–H and O–H groups in total. The Kier molecular flexibility index (Phi) is 6.62. The minimum absolute atomic E-state index is 0.0795. The quantitative estimate of drug-likeness (QED) is 0.830. The van der Waals surface area contributed by atoms with E-state index in [1.807, 2.05) is 14.0 Å². The zero-order valence-electron chi connectivity index (χ0n) is 12.0. The summed E-state index contributed by atoms with van der Waals surface area (Å²) < 4.78 is 0. The first-order valence-electron chi connectivity index (χ1n) is 6.43. The molecule has 1 aromatic rings. The maximum atomic E-state index is 12.2. The van der Waals surface area contributed by atoms with Crippen molar-refractivity contribution in [1.82, 2.24) is 15.1 Å². The summed E-state index contributed by atoms with van der Waals surface area (Å²) in [6, 6.07) is 3.70. The van der Waals surface area contributed by atoms with Gasteiger partial charge < -0.3 is 10.2 Å². The molecule has 1 amide bonds. The first kappa shape index (κ1) is 15.8. The number of nitrogens with zero attached hydrogens (tertiary/aromatic N) is 3. The number of aromatic nitrogens is 2. The van der Waals surface area contributed by atoms with E-state index in [1.165, 1.54) is 0 Å². The maximum Gasteiger partial charge on any atom is 0.274 e. The first-order chi connectivity index (χ1) is 9.10. The summed E-state index contributed by atoms with van der Waals surface area (Å²) in [6.07, 6.45) is 3.05. The number of anilines is 1. The molecule has 0 aliphatic rings. The lowest BCUT2D eigenvalue weighted by molar-refractivity contribution is 0.0734. The Hall–Kier alpha value is -1.30. The Morgan fingerprint density at radius 3 is 2.74 bits per heavy atom. The highest BCUT2D eigenvalue weighted by molar-refractivity contribution is 7.98. The van der Waals surface area contributed by atoms with Crippen LogP contribution >= 0.6 is 11.8 Å². The van der Waals surface area contributed by atoms with Crippen LogP contribution in [0.25, 0.3) is 0 Å². The third-order valence-corrected chi connectivity index (χ3v) is 3.61. The second-order valence-electron chi connectivity index (χ2n) is 4.38. The van der Waals surface area contributed by atoms with Gasteiger partial charge in [0.25, 0.3) is 5.91 Å². The molecule has 0 fully saturated rings. The van der Waals surface area contributed by atoms with E-state index in [0.29, 0.717) is 11.5 Å². The van der Waals surface area contributed by atoms with Gasteiger partial charge in [-0.25, -0.2) is 0 Å². The summed E-state index contributed by atoms with van der Waals surface area (Å²) in [5.41, 5.74) is 0.389. The summed E-state index contributed by atoms with van der Waals surface area (Å²) in [7, 11) is 1.81. The van der Waals surface area contributed by atoms with Gasteiger partial charge in [-0.2, -0.15) is 11.8 Å². The molecular formula is C13H22N4OS. The fraction of sp³-hybridized carbons (Fsp3) is 0.615. The van der Waals surface area contributed by atoms with Crippen LogP contribution in [0.1, 0.15) is 30.8 Å². The van der Waals surface area contributed by atoms with Gasteiger partial charge >= 0.3 is 0 Å². The average Bonchev–Trinajstić information content (AvgIpc) is 2.44. The van der Waals surface area contributed by atoms with Crippen LogP contribution in [0.5, 0.6) is 0 Å². The number of hydrogen-bond donors (Lipinski definition) is 1. The Balaban J connectivity index is 2.65. The normalized spacial score (nSPS) is 12.0. The number of carbonyl (C=O) groups excluding carboxylic acids is 1. The highest BCUT2D eigenvalue weighted by Gasteiger charge is 2.18. The van der Waals surface area contributed by atoms with E-state index in [9.17, 15) is 4.79 Å². The molecule has 1 heterocycles. The molecule has 5 nitrogen and oxygen atoms in total. The SMILES string of the molecule is CCNc1ccc(C(=O)N(C)C(C)CCSC)nn1. The number of thioether (sulfide) groups is 1. The van der Waals surface area contributed by atoms with Gasteiger partial charge in [0.2, 0.25) is 0 Å². The highest BCUT2D eigenvalue weighted by atomic mass is 32.2. The summed E-state index contributed by atoms with van der Waals surface area (Å²) in [5, 5.41) is 11.0. The lowest BCUT2D eigenvalue weighted by Gasteiger charge is -2.24. The van der Waals surface area contributed by atoms with E-state index in [1.54, 1.807) is 28.8 Å². The van der Waals surface area contributed by atoms with Gasteiger partial charge in [0, 0.05) is 19.6 Å². The Morgan fingerprint density at radius 1 is 1.47 bits per heavy atom. The second kappa shape index (κ2) is 7.99. The highest BCUT2D eigenvalue weighted by Crippen LogP contribution is 2.10. The van der Waals surface area contributed by atoms with E-state index < -0.39 is 0 Å². The third kappa shape index (κ3) is 4.70. The van der Waals surface area contributed by atoms with Crippen LogP contribution in [0.4, 0.5) is 5.82 Å². The molecule has 0 aliphatic heterocycles. The maximum absolute atomic E-state index is 12.2. The van der Waals surface area contributed by atoms with Gasteiger partial charge in [-0.05, 0) is 44.4 Å². The zero-order chi connectivity index (χ0) is 14.3. The molecule has 106 valence electrons. The van der Waals surface area contributed by atoms with E-state index in [-0.39, 0.29) is 11.9 Å². The molecule has 1 aromatic heterocycles. The van der Waals surface area contributed by atoms with Crippen LogP contribution in [0.2, 0.25) is 0 Å². The summed E-state index contributed by atoms with van der Waals surface area (Å²) in [6.45, 7) is 4.82. The number of rotatable bonds is 7. The summed E-state index contributed by atoms with van der Waals surface area (Å²) in [5.74, 6) is 1.66. The van der Waals surface area contributed by atoms with Crippen LogP contribution < -0.4 is 5.32 Å². The molecule has 1 unspecified atom stereocenters. The molecule has 6 heteroatoms. The standard InChI is InChI=1S/C13H22N4OS/c1-5-14-12-7-6-11(15-16-12)13(18)17(3)10(2)8-9-19-4/h6-7,10H,5,8-9H2,1-4H3,(H,14,16). The van der Waals surface area contributed by atoms with E-state index in [0.717, 1.165) is 18.7 Å². The topological polar surface area (TPSA) is 58.1 Å². The van der Waals surface area contributed by atoms with E-state index >= 15 is 0 Å². The minimum atomic E-state index is -0.0795. The zero-order valence-corrected chi connectivity index (χ0v) is 12.8. The first-order valence-corrected chi connectivity index (χ1v) is 7.83. The van der Waals surface area contributed by atoms with Crippen molar-refractivity contribution < 1.29 is 4.79 Å². The van der Waals surface area contributed by atoms with E-state index in [4.69, 9.17) is 0 Å². The van der Waals surface area contributed by atoms with Crippen LogP contribution in [0.3, 0.4) is 0 Å². The number of hydrogen-bond acceptors (Lipinski definition) is 5. The molecule has 19 heavy (non-hydrogen) atoms. The van der Waals surface area contributed by atoms with Crippen molar-refractivity contribution in [2.45, 2.75) is 26.3 Å². The van der Waals surface area contributed by atoms with Crippen molar-refractivity contribution in [2.24, 2.45) is 0 Å². The predicted octanol–water partition coefficient (Wildman–Crippen LogP) is 2.12. The summed E-state index contributed by atoms with van der Waals surface area (Å²) in [4.78, 5) is 13.9. The van der Waals surface area contributed by atoms with Gasteiger partial charge in [0.1, 0.15) is 5.82 Å². The van der Waals surface area contributed by atoms with E-state index in [2.05, 4.69) is 28.7 Å². The molecule has 0 bridgehead atoms. The van der Waals surface area contributed by atoms with Gasteiger partial charge in [-0.1, -0.05) is 0 Å². The molecule has 0 saturated heterocycles. The lowest BCUT2D eigenvalue weighted by atomic mass is 10.2. The average molecular weight is 282 g/mol. The van der Waals surface area contributed by atoms with Crippen molar-refractivity contribution in [3.63, 3.8) is 0 Å². The smallest absolute Gasteiger partial charge is 0.274 e. The Bertz CT molecular complexity index is 396. The number of nitrogens with one attached hydrogen (secondary N) is 1. The van der Waals surface area contributed by atoms with Crippen LogP contribution in [0.15, 0.2) is 12.1 Å². The molecule has 0 saturated carbocycles. The molecule has 0 radical (unpaired) electrons. The van der Waals surface area contributed by atoms with Crippen LogP contribution in [-0.2, 0) is 0 Å². The van der Waals surface area contributed by atoms with Crippen molar-refractivity contribution in [1.29, 1.82) is 0 Å². The fourth-order valence-corrected chi connectivity index (χ4v) is 2.16. The van der Waals surface area contributed by atoms with Crippen molar-refractivity contribution in [3.05, 3.63) is 17.8 Å². The van der Waals surface area contributed by atoms with Crippen LogP contribution in [-0.4, -0.2) is 52.6 Å². The monoisotopic (exact) mass is 282 g/mol. The molecule has 0 aliphatic carbocycles. The third-order valence-electron chi connectivity index (χ3n) is 2.96. The van der Waals surface area contributed by atoms with Crippen molar-refractivity contribution in [2.75, 3.05) is 30.9 Å². The largest absolute Gasteiger partial charge is 0.369 e. The molecule has 0 aromatic carbocycles. The lowest BCUT2D eigenvalue weighted by Crippen LogP contribution is -2.36. The Morgan fingerprint density at radius 2 is 2.21 bits per heavy atom. The van der Waals surface area contributed by atoms with Crippen molar-refractivity contribution >= 4 is 23.5 Å². The molecule has 0 spiro atoms. The van der Waals surface area contributed by atoms with Crippen LogP contribution in [0, 0.1) is 0 Å². The summed E-state index contributed by atoms with van der Waals surface area (Å²) >= 11 is 1.79. The number of carbonyl (C=O) groups is 1. The minimum Gasteiger partial charge on any atom is -0.369 e. The Labute approximate surface area is 119 Å².